The van der Waals surface area contributed by atoms with Crippen LogP contribution in [0.1, 0.15) is 35.3 Å². The number of nitrogens with zero attached hydrogens (tertiary/aromatic N) is 5. The highest BCUT2D eigenvalue weighted by Gasteiger charge is 2.41. The summed E-state index contributed by atoms with van der Waals surface area (Å²) < 4.78 is 55.0. The smallest absolute Gasteiger partial charge is 0.435 e. The van der Waals surface area contributed by atoms with Crippen LogP contribution in [0.25, 0.3) is 5.69 Å². The maximum atomic E-state index is 13.6. The second-order valence-electron chi connectivity index (χ2n) is 9.96. The number of aromatic nitrogens is 3. The lowest BCUT2D eigenvalue weighted by molar-refractivity contribution is -0.149. The van der Waals surface area contributed by atoms with Gasteiger partial charge in [-0.25, -0.2) is 14.1 Å². The Bertz CT molecular complexity index is 1430. The molecule has 2 aliphatic rings. The van der Waals surface area contributed by atoms with Gasteiger partial charge in [0.2, 0.25) is 5.91 Å². The molecule has 1 aromatic carbocycles. The maximum Gasteiger partial charge on any atom is 0.435 e. The minimum Gasteiger partial charge on any atom is -0.481 e. The molecule has 1 aliphatic carbocycles. The molecule has 41 heavy (non-hydrogen) atoms. The van der Waals surface area contributed by atoms with E-state index in [-0.39, 0.29) is 17.3 Å². The standard InChI is InChI=1S/C27H26F4N6O4/c28-16-4-7-18(8-5-16)37-15-21(23(34-37)27(29,30)31)24(38)33-17-6-9-22(32-14-17)35-10-12-36(13-11-35)25(39)19-2-1-3-20(19)26(40)41/h4-9,14-15,19-20H,1-3,10-13H2,(H,33,38)(H,40,41). The number of nitrogens with one attached hydrogen (secondary N) is 1. The Morgan fingerprint density at radius 1 is 0.951 bits per heavy atom. The summed E-state index contributed by atoms with van der Waals surface area (Å²) in [4.78, 5) is 45.1. The van der Waals surface area contributed by atoms with E-state index >= 15 is 0 Å². The molecule has 2 amide bonds. The molecule has 3 aromatic rings. The van der Waals surface area contributed by atoms with E-state index in [1.807, 2.05) is 4.90 Å². The Hall–Kier alpha value is -4.49. The SMILES string of the molecule is O=C(Nc1ccc(N2CCN(C(=O)C3CCCC3C(=O)O)CC2)nc1)c1cn(-c2ccc(F)cc2)nc1C(F)(F)F. The van der Waals surface area contributed by atoms with Crippen molar-refractivity contribution in [3.05, 3.63) is 65.9 Å². The second-order valence-corrected chi connectivity index (χ2v) is 9.96. The fourth-order valence-electron chi connectivity index (χ4n) is 5.26. The minimum atomic E-state index is -4.91. The van der Waals surface area contributed by atoms with Crippen LogP contribution in [-0.4, -0.2) is 68.7 Å². The first-order valence-electron chi connectivity index (χ1n) is 13.0. The van der Waals surface area contributed by atoms with Crippen molar-refractivity contribution in [2.45, 2.75) is 25.4 Å². The Balaban J connectivity index is 1.22. The molecule has 1 saturated carbocycles. The molecule has 0 spiro atoms. The van der Waals surface area contributed by atoms with E-state index < -0.39 is 47.0 Å². The topological polar surface area (TPSA) is 121 Å². The first kappa shape index (κ1) is 28.1. The van der Waals surface area contributed by atoms with Crippen molar-refractivity contribution >= 4 is 29.3 Å². The summed E-state index contributed by atoms with van der Waals surface area (Å²) in [5.41, 5.74) is -1.78. The Morgan fingerprint density at radius 2 is 1.63 bits per heavy atom. The van der Waals surface area contributed by atoms with Crippen molar-refractivity contribution in [1.29, 1.82) is 0 Å². The third kappa shape index (κ3) is 6.00. The van der Waals surface area contributed by atoms with Gasteiger partial charge in [0, 0.05) is 32.4 Å². The molecule has 2 atom stereocenters. The van der Waals surface area contributed by atoms with Crippen molar-refractivity contribution in [2.24, 2.45) is 11.8 Å². The molecule has 3 heterocycles. The van der Waals surface area contributed by atoms with E-state index in [9.17, 15) is 37.1 Å². The zero-order valence-corrected chi connectivity index (χ0v) is 21.6. The fraction of sp³-hybridized carbons (Fsp3) is 0.370. The highest BCUT2D eigenvalue weighted by Crippen LogP contribution is 2.34. The number of amides is 2. The van der Waals surface area contributed by atoms with Gasteiger partial charge in [0.15, 0.2) is 5.69 Å². The molecule has 0 radical (unpaired) electrons. The first-order valence-corrected chi connectivity index (χ1v) is 13.0. The number of pyridine rings is 1. The number of carbonyl (C=O) groups excluding carboxylic acids is 2. The van der Waals surface area contributed by atoms with Gasteiger partial charge in [-0.1, -0.05) is 6.42 Å². The maximum absolute atomic E-state index is 13.6. The Labute approximate surface area is 231 Å². The zero-order chi connectivity index (χ0) is 29.3. The molecule has 10 nitrogen and oxygen atoms in total. The van der Waals surface area contributed by atoms with Gasteiger partial charge in [0.25, 0.3) is 5.91 Å². The van der Waals surface area contributed by atoms with Crippen molar-refractivity contribution < 1.29 is 37.1 Å². The van der Waals surface area contributed by atoms with E-state index in [0.29, 0.717) is 51.3 Å². The molecule has 0 bridgehead atoms. The number of carboxylic acids is 1. The first-order chi connectivity index (χ1) is 19.5. The lowest BCUT2D eigenvalue weighted by Gasteiger charge is -2.37. The number of piperazine rings is 1. The van der Waals surface area contributed by atoms with Crippen LogP contribution in [0.15, 0.2) is 48.8 Å². The van der Waals surface area contributed by atoms with E-state index in [0.717, 1.165) is 23.0 Å². The molecule has 2 fully saturated rings. The van der Waals surface area contributed by atoms with Gasteiger partial charge in [0.05, 0.1) is 35.0 Å². The molecule has 5 rings (SSSR count). The number of hydrogen-bond donors (Lipinski definition) is 2. The van der Waals surface area contributed by atoms with Crippen molar-refractivity contribution in [1.82, 2.24) is 19.7 Å². The third-order valence-corrected chi connectivity index (χ3v) is 7.39. The zero-order valence-electron chi connectivity index (χ0n) is 21.6. The van der Waals surface area contributed by atoms with Crippen LogP contribution in [0.2, 0.25) is 0 Å². The van der Waals surface area contributed by atoms with Crippen LogP contribution >= 0.6 is 0 Å². The molecule has 216 valence electrons. The Morgan fingerprint density at radius 3 is 2.24 bits per heavy atom. The minimum absolute atomic E-state index is 0.137. The Kier molecular flexibility index (Phi) is 7.65. The highest BCUT2D eigenvalue weighted by molar-refractivity contribution is 6.05. The molecule has 14 heteroatoms. The van der Waals surface area contributed by atoms with Crippen LogP contribution in [0.5, 0.6) is 0 Å². The number of halogens is 4. The lowest BCUT2D eigenvalue weighted by Crippen LogP contribution is -2.51. The van der Waals surface area contributed by atoms with Crippen molar-refractivity contribution in [2.75, 3.05) is 36.4 Å². The molecule has 1 aliphatic heterocycles. The van der Waals surface area contributed by atoms with Crippen molar-refractivity contribution in [3.8, 4) is 5.69 Å². The number of carbonyl (C=O) groups is 3. The van der Waals surface area contributed by atoms with Gasteiger partial charge >= 0.3 is 12.1 Å². The van der Waals surface area contributed by atoms with Crippen molar-refractivity contribution in [3.63, 3.8) is 0 Å². The predicted octanol–water partition coefficient (Wildman–Crippen LogP) is 3.83. The molecule has 2 aromatic heterocycles. The van der Waals surface area contributed by atoms with Crippen LogP contribution in [0, 0.1) is 17.7 Å². The molecule has 1 saturated heterocycles. The molecule has 2 unspecified atom stereocenters. The van der Waals surface area contributed by atoms with Crippen LogP contribution in [0.3, 0.4) is 0 Å². The summed E-state index contributed by atoms with van der Waals surface area (Å²) in [6.45, 7) is 1.74. The van der Waals surface area contributed by atoms with E-state index in [2.05, 4.69) is 15.4 Å². The van der Waals surface area contributed by atoms with Gasteiger partial charge in [0.1, 0.15) is 11.6 Å². The van der Waals surface area contributed by atoms with E-state index in [1.54, 1.807) is 11.0 Å². The summed E-state index contributed by atoms with van der Waals surface area (Å²) >= 11 is 0. The summed E-state index contributed by atoms with van der Waals surface area (Å²) in [6.07, 6.45) is -0.865. The van der Waals surface area contributed by atoms with Gasteiger partial charge in [-0.2, -0.15) is 18.3 Å². The number of benzene rings is 1. The number of anilines is 2. The number of carboxylic acid groups (broad SMARTS) is 1. The number of alkyl halides is 3. The fourth-order valence-corrected chi connectivity index (χ4v) is 5.26. The van der Waals surface area contributed by atoms with E-state index in [1.165, 1.54) is 24.4 Å². The molecular weight excluding hydrogens is 548 g/mol. The van der Waals surface area contributed by atoms with Gasteiger partial charge in [-0.15, -0.1) is 0 Å². The second kappa shape index (κ2) is 11.2. The van der Waals surface area contributed by atoms with Crippen LogP contribution in [-0.2, 0) is 15.8 Å². The third-order valence-electron chi connectivity index (χ3n) is 7.39. The number of rotatable bonds is 6. The monoisotopic (exact) mass is 574 g/mol. The lowest BCUT2D eigenvalue weighted by atomic mass is 9.94. The van der Waals surface area contributed by atoms with Crippen LogP contribution < -0.4 is 10.2 Å². The van der Waals surface area contributed by atoms with Gasteiger partial charge in [-0.3, -0.25) is 14.4 Å². The van der Waals surface area contributed by atoms with Gasteiger partial charge in [-0.05, 0) is 49.2 Å². The number of hydrogen-bond acceptors (Lipinski definition) is 6. The summed E-state index contributed by atoms with van der Waals surface area (Å²) in [5.74, 6) is -3.28. The van der Waals surface area contributed by atoms with Crippen LogP contribution in [0.4, 0.5) is 29.1 Å². The number of aliphatic carboxylic acids is 1. The average Bonchev–Trinajstić information content (AvgIpc) is 3.62. The normalized spacial score (nSPS) is 19.3. The quantitative estimate of drug-likeness (QED) is 0.430. The van der Waals surface area contributed by atoms with Gasteiger partial charge < -0.3 is 20.2 Å². The molecule has 2 N–H and O–H groups in total. The summed E-state index contributed by atoms with van der Waals surface area (Å²) in [7, 11) is 0. The van der Waals surface area contributed by atoms with E-state index in [4.69, 9.17) is 0 Å². The highest BCUT2D eigenvalue weighted by atomic mass is 19.4. The molecular formula is C27H26F4N6O4. The predicted molar refractivity (Wildman–Crippen MR) is 138 cm³/mol. The summed E-state index contributed by atoms with van der Waals surface area (Å²) in [6, 6.07) is 7.73. The largest absolute Gasteiger partial charge is 0.481 e. The summed E-state index contributed by atoms with van der Waals surface area (Å²) in [5, 5.41) is 15.3. The average molecular weight is 575 g/mol.